The first-order valence-electron chi connectivity index (χ1n) is 7.49. The van der Waals surface area contributed by atoms with Crippen molar-refractivity contribution in [1.82, 2.24) is 24.8 Å². The van der Waals surface area contributed by atoms with Crippen LogP contribution in [0.3, 0.4) is 0 Å². The maximum atomic E-state index is 5.25. The number of pyridine rings is 1. The third kappa shape index (κ3) is 2.08. The number of nitrogens with zero attached hydrogens (tertiary/aromatic N) is 5. The van der Waals surface area contributed by atoms with Crippen molar-refractivity contribution in [3.05, 3.63) is 36.2 Å². The van der Waals surface area contributed by atoms with E-state index in [1.807, 2.05) is 34.8 Å². The van der Waals surface area contributed by atoms with Crippen molar-refractivity contribution in [2.45, 2.75) is 18.8 Å². The van der Waals surface area contributed by atoms with E-state index in [1.54, 1.807) is 7.11 Å². The Hall–Kier alpha value is -2.54. The van der Waals surface area contributed by atoms with E-state index < -0.39 is 0 Å². The Bertz CT molecular complexity index is 1030. The summed E-state index contributed by atoms with van der Waals surface area (Å²) in [5.74, 6) is 2.34. The molecule has 1 saturated carbocycles. The smallest absolute Gasteiger partial charge is 0.235 e. The normalized spacial score (nSPS) is 14.7. The molecular weight excluding hydrogens is 310 g/mol. The van der Waals surface area contributed by atoms with Crippen LogP contribution in [-0.2, 0) is 0 Å². The number of hydrogen-bond donors (Lipinski definition) is 0. The summed E-state index contributed by atoms with van der Waals surface area (Å²) in [6.45, 7) is 0. The number of aromatic nitrogens is 5. The number of ether oxygens (including phenoxy) is 1. The van der Waals surface area contributed by atoms with Crippen LogP contribution >= 0.6 is 11.3 Å². The molecule has 0 bridgehead atoms. The first-order valence-corrected chi connectivity index (χ1v) is 8.31. The molecule has 0 spiro atoms. The van der Waals surface area contributed by atoms with Gasteiger partial charge in [-0.15, -0.1) is 10.2 Å². The summed E-state index contributed by atoms with van der Waals surface area (Å²) in [4.78, 5) is 5.55. The number of benzene rings is 1. The van der Waals surface area contributed by atoms with E-state index in [0.29, 0.717) is 5.92 Å². The van der Waals surface area contributed by atoms with Gasteiger partial charge in [-0.2, -0.15) is 9.61 Å². The second kappa shape index (κ2) is 4.73. The highest BCUT2D eigenvalue weighted by Crippen LogP contribution is 2.39. The van der Waals surface area contributed by atoms with Gasteiger partial charge in [-0.25, -0.2) is 4.98 Å². The van der Waals surface area contributed by atoms with Crippen LogP contribution in [-0.4, -0.2) is 31.9 Å². The number of methoxy groups -OCH3 is 1. The molecule has 23 heavy (non-hydrogen) atoms. The molecule has 114 valence electrons. The molecule has 0 N–H and O–H groups in total. The van der Waals surface area contributed by atoms with Crippen molar-refractivity contribution in [3.63, 3.8) is 0 Å². The van der Waals surface area contributed by atoms with Crippen LogP contribution in [0.25, 0.3) is 26.6 Å². The highest BCUT2D eigenvalue weighted by atomic mass is 32.1. The lowest BCUT2D eigenvalue weighted by Gasteiger charge is -2.03. The molecule has 0 saturated heterocycles. The topological polar surface area (TPSA) is 65.2 Å². The van der Waals surface area contributed by atoms with Crippen LogP contribution in [0.15, 0.2) is 30.3 Å². The van der Waals surface area contributed by atoms with Gasteiger partial charge in [0, 0.05) is 11.3 Å². The Morgan fingerprint density at radius 3 is 2.91 bits per heavy atom. The molecule has 0 unspecified atom stereocenters. The molecule has 0 radical (unpaired) electrons. The monoisotopic (exact) mass is 323 g/mol. The molecule has 7 heteroatoms. The van der Waals surface area contributed by atoms with Crippen molar-refractivity contribution in [2.75, 3.05) is 7.11 Å². The lowest BCUT2D eigenvalue weighted by molar-refractivity contribution is 0.415. The highest BCUT2D eigenvalue weighted by Gasteiger charge is 2.30. The molecule has 1 fully saturated rings. The lowest BCUT2D eigenvalue weighted by Crippen LogP contribution is -1.94. The minimum atomic E-state index is 0.525. The van der Waals surface area contributed by atoms with E-state index in [4.69, 9.17) is 9.72 Å². The summed E-state index contributed by atoms with van der Waals surface area (Å²) < 4.78 is 7.12. The molecule has 3 aromatic heterocycles. The van der Waals surface area contributed by atoms with E-state index in [2.05, 4.69) is 15.3 Å². The van der Waals surface area contributed by atoms with Gasteiger partial charge in [0.1, 0.15) is 11.4 Å². The van der Waals surface area contributed by atoms with Crippen molar-refractivity contribution in [2.24, 2.45) is 0 Å². The van der Waals surface area contributed by atoms with Gasteiger partial charge in [0.2, 0.25) is 4.96 Å². The minimum Gasteiger partial charge on any atom is -0.497 e. The summed E-state index contributed by atoms with van der Waals surface area (Å²) >= 11 is 1.52. The third-order valence-electron chi connectivity index (χ3n) is 4.07. The first-order chi connectivity index (χ1) is 11.3. The number of rotatable bonds is 3. The Kier molecular flexibility index (Phi) is 2.66. The van der Waals surface area contributed by atoms with Gasteiger partial charge in [-0.1, -0.05) is 17.4 Å². The molecule has 5 rings (SSSR count). The maximum absolute atomic E-state index is 5.25. The largest absolute Gasteiger partial charge is 0.497 e. The van der Waals surface area contributed by atoms with Gasteiger partial charge in [0.05, 0.1) is 12.6 Å². The van der Waals surface area contributed by atoms with Gasteiger partial charge < -0.3 is 4.74 Å². The summed E-state index contributed by atoms with van der Waals surface area (Å²) in [7, 11) is 1.67. The summed E-state index contributed by atoms with van der Waals surface area (Å²) in [6.07, 6.45) is 2.37. The molecule has 1 aliphatic carbocycles. The summed E-state index contributed by atoms with van der Waals surface area (Å²) in [5.41, 5.74) is 1.79. The standard InChI is InChI=1S/C16H13N5OS/c1-22-11-5-7-12-10(8-11)4-6-13(17-12)15-20-21-14(9-2-3-9)18-19-16(21)23-15/h4-9H,2-3H2,1H3. The second-order valence-electron chi connectivity index (χ2n) is 5.69. The van der Waals surface area contributed by atoms with Crippen LogP contribution in [0.2, 0.25) is 0 Å². The van der Waals surface area contributed by atoms with E-state index in [0.717, 1.165) is 38.1 Å². The Morgan fingerprint density at radius 2 is 2.09 bits per heavy atom. The second-order valence-corrected chi connectivity index (χ2v) is 6.65. The molecule has 0 atom stereocenters. The Morgan fingerprint density at radius 1 is 1.17 bits per heavy atom. The van der Waals surface area contributed by atoms with Crippen LogP contribution in [0.5, 0.6) is 5.75 Å². The summed E-state index contributed by atoms with van der Waals surface area (Å²) in [5, 5.41) is 15.1. The third-order valence-corrected chi connectivity index (χ3v) is 4.99. The fourth-order valence-corrected chi connectivity index (χ4v) is 3.50. The molecule has 1 aromatic carbocycles. The van der Waals surface area contributed by atoms with Gasteiger partial charge in [-0.05, 0) is 37.1 Å². The molecule has 4 aromatic rings. The molecule has 1 aliphatic rings. The molecule has 3 heterocycles. The van der Waals surface area contributed by atoms with Crippen molar-refractivity contribution in [1.29, 1.82) is 0 Å². The average Bonchev–Trinajstić information content (AvgIpc) is 3.21. The van der Waals surface area contributed by atoms with E-state index >= 15 is 0 Å². The molecule has 0 amide bonds. The fourth-order valence-electron chi connectivity index (χ4n) is 2.68. The van der Waals surface area contributed by atoms with E-state index in [9.17, 15) is 0 Å². The fraction of sp³-hybridized carbons (Fsp3) is 0.250. The van der Waals surface area contributed by atoms with Crippen molar-refractivity contribution in [3.8, 4) is 16.5 Å². The first kappa shape index (κ1) is 13.0. The van der Waals surface area contributed by atoms with Gasteiger partial charge in [0.15, 0.2) is 10.8 Å². The van der Waals surface area contributed by atoms with Crippen LogP contribution in [0.4, 0.5) is 0 Å². The molecular formula is C16H13N5OS. The lowest BCUT2D eigenvalue weighted by atomic mass is 10.2. The molecule has 0 aliphatic heterocycles. The average molecular weight is 323 g/mol. The SMILES string of the molecule is COc1ccc2nc(-c3nn4c(C5CC5)nnc4s3)ccc2c1. The minimum absolute atomic E-state index is 0.525. The molecule has 6 nitrogen and oxygen atoms in total. The predicted molar refractivity (Wildman–Crippen MR) is 87.9 cm³/mol. The maximum Gasteiger partial charge on any atom is 0.235 e. The van der Waals surface area contributed by atoms with Crippen molar-refractivity contribution < 1.29 is 4.74 Å². The quantitative estimate of drug-likeness (QED) is 0.579. The van der Waals surface area contributed by atoms with Crippen LogP contribution < -0.4 is 4.74 Å². The zero-order valence-corrected chi connectivity index (χ0v) is 13.2. The zero-order valence-electron chi connectivity index (χ0n) is 12.4. The predicted octanol–water partition coefficient (Wildman–Crippen LogP) is 3.29. The van der Waals surface area contributed by atoms with Crippen LogP contribution in [0, 0.1) is 0 Å². The van der Waals surface area contributed by atoms with Crippen molar-refractivity contribution >= 4 is 27.2 Å². The highest BCUT2D eigenvalue weighted by molar-refractivity contribution is 7.19. The summed E-state index contributed by atoms with van der Waals surface area (Å²) in [6, 6.07) is 9.90. The van der Waals surface area contributed by atoms with Gasteiger partial charge in [0.25, 0.3) is 0 Å². The van der Waals surface area contributed by atoms with Crippen LogP contribution in [0.1, 0.15) is 24.6 Å². The zero-order chi connectivity index (χ0) is 15.4. The van der Waals surface area contributed by atoms with E-state index in [-0.39, 0.29) is 0 Å². The number of fused-ring (bicyclic) bond motifs is 2. The Balaban J connectivity index is 1.61. The van der Waals surface area contributed by atoms with Gasteiger partial charge in [-0.3, -0.25) is 0 Å². The number of hydrogen-bond acceptors (Lipinski definition) is 6. The van der Waals surface area contributed by atoms with E-state index in [1.165, 1.54) is 24.2 Å². The van der Waals surface area contributed by atoms with Gasteiger partial charge >= 0.3 is 0 Å². The Labute approximate surface area is 135 Å².